The molecule has 3 aromatic rings. The summed E-state index contributed by atoms with van der Waals surface area (Å²) in [4.78, 5) is 17.6. The summed E-state index contributed by atoms with van der Waals surface area (Å²) in [6.07, 6.45) is 3.91. The van der Waals surface area contributed by atoms with E-state index in [1.807, 2.05) is 6.07 Å². The zero-order valence-corrected chi connectivity index (χ0v) is 18.7. The highest BCUT2D eigenvalue weighted by atomic mass is 19.1. The van der Waals surface area contributed by atoms with E-state index in [1.54, 1.807) is 43.5 Å². The number of nitrogens with zero attached hydrogens (tertiary/aromatic N) is 1. The first-order chi connectivity index (χ1) is 16.0. The van der Waals surface area contributed by atoms with Crippen LogP contribution in [0.5, 0.6) is 11.5 Å². The first-order valence-electron chi connectivity index (χ1n) is 10.9. The number of aliphatic hydroxyl groups is 1. The molecule has 172 valence electrons. The number of hydrogen-bond acceptors (Lipinski definition) is 5. The van der Waals surface area contributed by atoms with E-state index in [0.29, 0.717) is 57.5 Å². The van der Waals surface area contributed by atoms with Gasteiger partial charge in [0.15, 0.2) is 0 Å². The number of aryl methyl sites for hydroxylation is 1. The van der Waals surface area contributed by atoms with Crippen LogP contribution in [-0.4, -0.2) is 29.7 Å². The molecule has 2 aromatic carbocycles. The van der Waals surface area contributed by atoms with E-state index in [1.165, 1.54) is 13.2 Å². The summed E-state index contributed by atoms with van der Waals surface area (Å²) >= 11 is 0. The smallest absolute Gasteiger partial charge is 0.255 e. The van der Waals surface area contributed by atoms with Crippen molar-refractivity contribution in [1.82, 2.24) is 10.3 Å². The second-order valence-corrected chi connectivity index (χ2v) is 8.23. The highest BCUT2D eigenvalue weighted by Crippen LogP contribution is 2.32. The van der Waals surface area contributed by atoms with Crippen molar-refractivity contribution in [2.45, 2.75) is 32.9 Å². The first-order valence-corrected chi connectivity index (χ1v) is 10.9. The van der Waals surface area contributed by atoms with Crippen molar-refractivity contribution in [3.63, 3.8) is 0 Å². The Bertz CT molecular complexity index is 1160. The first kappa shape index (κ1) is 22.7. The number of nitrogens with one attached hydrogen (secondary N) is 1. The molecule has 0 bridgehead atoms. The topological polar surface area (TPSA) is 80.7 Å². The summed E-state index contributed by atoms with van der Waals surface area (Å²) < 4.78 is 25.4. The molecular weight excluding hydrogens is 423 g/mol. The molecule has 0 unspecified atom stereocenters. The standard InChI is InChI=1S/C26H27FN2O4/c1-16-10-24(32-2)20(12-22(16)27)13-29-26(31)21-11-18(25-19(14-30)4-3-9-28-25)7-8-23(21)33-15-17-5-6-17/h3-4,7-12,17,30H,5-6,13-15H2,1-2H3,(H,29,31). The van der Waals surface area contributed by atoms with E-state index in [-0.39, 0.29) is 24.9 Å². The zero-order valence-electron chi connectivity index (χ0n) is 18.7. The molecule has 0 radical (unpaired) electrons. The number of rotatable bonds is 9. The number of carbonyl (C=O) groups excluding carboxylic acids is 1. The molecule has 0 saturated heterocycles. The number of carbonyl (C=O) groups is 1. The average molecular weight is 451 g/mol. The van der Waals surface area contributed by atoms with Crippen molar-refractivity contribution in [2.24, 2.45) is 5.92 Å². The van der Waals surface area contributed by atoms with Gasteiger partial charge in [-0.2, -0.15) is 0 Å². The van der Waals surface area contributed by atoms with Gasteiger partial charge in [-0.25, -0.2) is 4.39 Å². The summed E-state index contributed by atoms with van der Waals surface area (Å²) in [5, 5.41) is 12.5. The van der Waals surface area contributed by atoms with Gasteiger partial charge in [0.25, 0.3) is 5.91 Å². The van der Waals surface area contributed by atoms with Crippen molar-refractivity contribution < 1.29 is 23.8 Å². The molecule has 1 aliphatic rings. The van der Waals surface area contributed by atoms with Gasteiger partial charge in [-0.1, -0.05) is 6.07 Å². The Morgan fingerprint density at radius 1 is 1.18 bits per heavy atom. The van der Waals surface area contributed by atoms with Crippen LogP contribution in [0.1, 0.15) is 39.9 Å². The lowest BCUT2D eigenvalue weighted by atomic mass is 10.0. The molecule has 1 amide bonds. The van der Waals surface area contributed by atoms with Gasteiger partial charge in [-0.05, 0) is 67.6 Å². The largest absolute Gasteiger partial charge is 0.496 e. The zero-order chi connectivity index (χ0) is 23.4. The van der Waals surface area contributed by atoms with Crippen LogP contribution < -0.4 is 14.8 Å². The van der Waals surface area contributed by atoms with Crippen molar-refractivity contribution in [2.75, 3.05) is 13.7 Å². The van der Waals surface area contributed by atoms with Gasteiger partial charge in [-0.15, -0.1) is 0 Å². The maximum absolute atomic E-state index is 14.1. The Labute approximate surface area is 192 Å². The Morgan fingerprint density at radius 3 is 2.73 bits per heavy atom. The minimum atomic E-state index is -0.359. The summed E-state index contributed by atoms with van der Waals surface area (Å²) in [5.74, 6) is 0.799. The Hall–Kier alpha value is -3.45. The SMILES string of the molecule is COc1cc(C)c(F)cc1CNC(=O)c1cc(-c2ncccc2CO)ccc1OCC1CC1. The van der Waals surface area contributed by atoms with Crippen LogP contribution in [0.4, 0.5) is 4.39 Å². The van der Waals surface area contributed by atoms with Crippen LogP contribution in [0.2, 0.25) is 0 Å². The summed E-state index contributed by atoms with van der Waals surface area (Å²) in [6.45, 7) is 2.15. The molecule has 0 aliphatic heterocycles. The van der Waals surface area contributed by atoms with Crippen LogP contribution in [0.25, 0.3) is 11.3 Å². The van der Waals surface area contributed by atoms with E-state index in [0.717, 1.165) is 12.8 Å². The monoisotopic (exact) mass is 450 g/mol. The average Bonchev–Trinajstić information content (AvgIpc) is 3.67. The number of aromatic nitrogens is 1. The molecule has 1 heterocycles. The lowest BCUT2D eigenvalue weighted by molar-refractivity contribution is 0.0946. The van der Waals surface area contributed by atoms with Gasteiger partial charge in [0, 0.05) is 29.4 Å². The Balaban J connectivity index is 1.62. The number of amides is 1. The Morgan fingerprint density at radius 2 is 2.00 bits per heavy atom. The van der Waals surface area contributed by atoms with E-state index >= 15 is 0 Å². The fourth-order valence-corrected chi connectivity index (χ4v) is 3.59. The van der Waals surface area contributed by atoms with Crippen molar-refractivity contribution in [3.05, 3.63) is 76.7 Å². The third-order valence-corrected chi connectivity index (χ3v) is 5.73. The molecule has 0 atom stereocenters. The molecule has 0 spiro atoms. The lowest BCUT2D eigenvalue weighted by Gasteiger charge is -2.15. The maximum Gasteiger partial charge on any atom is 0.255 e. The predicted octanol–water partition coefficient (Wildman–Crippen LogP) is 4.42. The number of benzene rings is 2. The highest BCUT2D eigenvalue weighted by Gasteiger charge is 2.24. The molecule has 1 aromatic heterocycles. The molecule has 2 N–H and O–H groups in total. The minimum absolute atomic E-state index is 0.0942. The maximum atomic E-state index is 14.1. The number of aliphatic hydroxyl groups excluding tert-OH is 1. The summed E-state index contributed by atoms with van der Waals surface area (Å²) in [5.41, 5.74) is 3.33. The van der Waals surface area contributed by atoms with Crippen molar-refractivity contribution in [1.29, 1.82) is 0 Å². The molecule has 4 rings (SSSR count). The number of pyridine rings is 1. The van der Waals surface area contributed by atoms with Crippen LogP contribution in [0.3, 0.4) is 0 Å². The van der Waals surface area contributed by atoms with Gasteiger partial charge in [0.1, 0.15) is 17.3 Å². The van der Waals surface area contributed by atoms with E-state index in [2.05, 4.69) is 10.3 Å². The van der Waals surface area contributed by atoms with Crippen LogP contribution in [-0.2, 0) is 13.2 Å². The number of methoxy groups -OCH3 is 1. The van der Waals surface area contributed by atoms with Gasteiger partial charge in [0.05, 0.1) is 31.6 Å². The summed E-state index contributed by atoms with van der Waals surface area (Å²) in [6, 6.07) is 11.8. The molecule has 1 fully saturated rings. The predicted molar refractivity (Wildman–Crippen MR) is 123 cm³/mol. The fourth-order valence-electron chi connectivity index (χ4n) is 3.59. The number of hydrogen-bond donors (Lipinski definition) is 2. The molecule has 6 nitrogen and oxygen atoms in total. The molecular formula is C26H27FN2O4. The van der Waals surface area contributed by atoms with Crippen LogP contribution in [0.15, 0.2) is 48.7 Å². The lowest BCUT2D eigenvalue weighted by Crippen LogP contribution is -2.24. The summed E-state index contributed by atoms with van der Waals surface area (Å²) in [7, 11) is 1.51. The number of ether oxygens (including phenoxy) is 2. The highest BCUT2D eigenvalue weighted by molar-refractivity contribution is 5.98. The van der Waals surface area contributed by atoms with E-state index in [4.69, 9.17) is 9.47 Å². The Kier molecular flexibility index (Phi) is 6.89. The van der Waals surface area contributed by atoms with Gasteiger partial charge in [0.2, 0.25) is 0 Å². The van der Waals surface area contributed by atoms with E-state index in [9.17, 15) is 14.3 Å². The fraction of sp³-hybridized carbons (Fsp3) is 0.308. The van der Waals surface area contributed by atoms with Gasteiger partial charge >= 0.3 is 0 Å². The van der Waals surface area contributed by atoms with Crippen LogP contribution >= 0.6 is 0 Å². The second-order valence-electron chi connectivity index (χ2n) is 8.23. The van der Waals surface area contributed by atoms with E-state index < -0.39 is 0 Å². The number of halogens is 1. The minimum Gasteiger partial charge on any atom is -0.496 e. The molecule has 1 saturated carbocycles. The third-order valence-electron chi connectivity index (χ3n) is 5.73. The third kappa shape index (κ3) is 5.31. The van der Waals surface area contributed by atoms with Gasteiger partial charge in [-0.3, -0.25) is 9.78 Å². The molecule has 33 heavy (non-hydrogen) atoms. The normalized spacial score (nSPS) is 13.0. The second kappa shape index (κ2) is 10.0. The van der Waals surface area contributed by atoms with Crippen molar-refractivity contribution >= 4 is 5.91 Å². The van der Waals surface area contributed by atoms with Crippen molar-refractivity contribution in [3.8, 4) is 22.8 Å². The van der Waals surface area contributed by atoms with Crippen LogP contribution in [0, 0.1) is 18.7 Å². The van der Waals surface area contributed by atoms with Gasteiger partial charge < -0.3 is 19.9 Å². The molecule has 7 heteroatoms. The molecule has 1 aliphatic carbocycles. The quantitative estimate of drug-likeness (QED) is 0.505.